The van der Waals surface area contributed by atoms with Gasteiger partial charge < -0.3 is 10.5 Å². The monoisotopic (exact) mass is 306 g/mol. The number of methoxy groups -OCH3 is 1. The molecule has 112 valence electrons. The molecule has 1 aromatic rings. The van der Waals surface area contributed by atoms with Crippen molar-refractivity contribution >= 4 is 29.0 Å². The van der Waals surface area contributed by atoms with Gasteiger partial charge in [0.15, 0.2) is 0 Å². The minimum atomic E-state index is -0.272. The van der Waals surface area contributed by atoms with E-state index in [2.05, 4.69) is 0 Å². The molecule has 2 atom stereocenters. The first kappa shape index (κ1) is 15.4. The summed E-state index contributed by atoms with van der Waals surface area (Å²) in [6.07, 6.45) is 0. The second kappa shape index (κ2) is 5.81. The molecule has 0 saturated carbocycles. The molecule has 1 aliphatic heterocycles. The largest absolute Gasteiger partial charge is 0.496 e. The lowest BCUT2D eigenvalue weighted by Gasteiger charge is -2.16. The summed E-state index contributed by atoms with van der Waals surface area (Å²) >= 11 is 4.99. The Morgan fingerprint density at radius 1 is 1.29 bits per heavy atom. The van der Waals surface area contributed by atoms with Gasteiger partial charge in [-0.1, -0.05) is 32.1 Å². The van der Waals surface area contributed by atoms with E-state index < -0.39 is 0 Å². The van der Waals surface area contributed by atoms with Gasteiger partial charge in [0.2, 0.25) is 11.8 Å². The maximum absolute atomic E-state index is 12.1. The number of nitrogens with zero attached hydrogens (tertiary/aromatic N) is 1. The van der Waals surface area contributed by atoms with E-state index in [4.69, 9.17) is 22.7 Å². The van der Waals surface area contributed by atoms with Crippen molar-refractivity contribution in [1.29, 1.82) is 0 Å². The van der Waals surface area contributed by atoms with Crippen molar-refractivity contribution in [1.82, 2.24) is 4.90 Å². The van der Waals surface area contributed by atoms with Gasteiger partial charge in [0.05, 0.1) is 19.2 Å². The van der Waals surface area contributed by atoms with Gasteiger partial charge in [0.25, 0.3) is 0 Å². The Kier molecular flexibility index (Phi) is 4.27. The fourth-order valence-electron chi connectivity index (χ4n) is 2.41. The summed E-state index contributed by atoms with van der Waals surface area (Å²) in [6, 6.07) is 5.30. The number of hydrogen-bond acceptors (Lipinski definition) is 4. The molecule has 0 radical (unpaired) electrons. The quantitative estimate of drug-likeness (QED) is 0.673. The number of hydrogen-bond donors (Lipinski definition) is 1. The highest BCUT2D eigenvalue weighted by Crippen LogP contribution is 2.28. The van der Waals surface area contributed by atoms with Crippen LogP contribution in [0.15, 0.2) is 18.2 Å². The first-order chi connectivity index (χ1) is 9.86. The van der Waals surface area contributed by atoms with E-state index in [1.165, 1.54) is 12.0 Å². The lowest BCUT2D eigenvalue weighted by molar-refractivity contribution is -0.140. The molecule has 1 aliphatic rings. The van der Waals surface area contributed by atoms with E-state index in [0.29, 0.717) is 11.3 Å². The number of benzene rings is 1. The third kappa shape index (κ3) is 2.76. The number of carbonyl (C=O) groups excluding carboxylic acids is 2. The number of rotatable bonds is 4. The van der Waals surface area contributed by atoms with Crippen LogP contribution in [-0.2, 0) is 16.1 Å². The summed E-state index contributed by atoms with van der Waals surface area (Å²) < 4.78 is 5.19. The predicted molar refractivity (Wildman–Crippen MR) is 82.8 cm³/mol. The van der Waals surface area contributed by atoms with Crippen molar-refractivity contribution < 1.29 is 14.3 Å². The number of imide groups is 1. The van der Waals surface area contributed by atoms with E-state index in [9.17, 15) is 9.59 Å². The van der Waals surface area contributed by atoms with Gasteiger partial charge in [0, 0.05) is 11.8 Å². The minimum absolute atomic E-state index is 0.139. The molecular formula is C15H18N2O3S. The summed E-state index contributed by atoms with van der Waals surface area (Å²) in [6.45, 7) is 3.78. The Morgan fingerprint density at radius 3 is 2.33 bits per heavy atom. The Hall–Kier alpha value is -1.95. The van der Waals surface area contributed by atoms with Gasteiger partial charge >= 0.3 is 0 Å². The van der Waals surface area contributed by atoms with Gasteiger partial charge in [-0.05, 0) is 17.7 Å². The molecule has 6 heteroatoms. The van der Waals surface area contributed by atoms with Gasteiger partial charge in [-0.25, -0.2) is 0 Å². The van der Waals surface area contributed by atoms with E-state index in [-0.39, 0.29) is 35.2 Å². The highest BCUT2D eigenvalue weighted by molar-refractivity contribution is 7.80. The summed E-state index contributed by atoms with van der Waals surface area (Å²) in [7, 11) is 1.54. The van der Waals surface area contributed by atoms with Crippen LogP contribution in [0.1, 0.15) is 25.0 Å². The molecule has 0 aromatic heterocycles. The zero-order valence-electron chi connectivity index (χ0n) is 12.3. The smallest absolute Gasteiger partial charge is 0.233 e. The molecule has 21 heavy (non-hydrogen) atoms. The van der Waals surface area contributed by atoms with Gasteiger partial charge in [-0.2, -0.15) is 0 Å². The minimum Gasteiger partial charge on any atom is -0.496 e. The van der Waals surface area contributed by atoms with Crippen molar-refractivity contribution in [2.24, 2.45) is 17.6 Å². The van der Waals surface area contributed by atoms with E-state index in [0.717, 1.165) is 5.56 Å². The lowest BCUT2D eigenvalue weighted by atomic mass is 10.00. The van der Waals surface area contributed by atoms with Gasteiger partial charge in [0.1, 0.15) is 10.7 Å². The molecule has 1 aromatic carbocycles. The standard InChI is InChI=1S/C15H18N2O3S/c1-8-9(2)15(19)17(14(8)18)7-10-4-5-12(20-3)11(6-10)13(16)21/h4-6,8-9H,7H2,1-3H3,(H2,16,21). The number of thiocarbonyl (C=S) groups is 1. The fourth-order valence-corrected chi connectivity index (χ4v) is 2.57. The molecular weight excluding hydrogens is 288 g/mol. The fraction of sp³-hybridized carbons (Fsp3) is 0.400. The van der Waals surface area contributed by atoms with E-state index >= 15 is 0 Å². The lowest BCUT2D eigenvalue weighted by Crippen LogP contribution is -2.30. The van der Waals surface area contributed by atoms with Crippen molar-refractivity contribution in [3.63, 3.8) is 0 Å². The van der Waals surface area contributed by atoms with Crippen LogP contribution >= 0.6 is 12.2 Å². The number of nitrogens with two attached hydrogens (primary N) is 1. The van der Waals surface area contributed by atoms with Crippen LogP contribution in [0.3, 0.4) is 0 Å². The van der Waals surface area contributed by atoms with Crippen molar-refractivity contribution in [3.05, 3.63) is 29.3 Å². The third-order valence-electron chi connectivity index (χ3n) is 3.93. The molecule has 2 amide bonds. The van der Waals surface area contributed by atoms with Crippen LogP contribution in [0.5, 0.6) is 5.75 Å². The number of carbonyl (C=O) groups is 2. The number of ether oxygens (including phenoxy) is 1. The molecule has 1 saturated heterocycles. The molecule has 0 bridgehead atoms. The van der Waals surface area contributed by atoms with Crippen LogP contribution in [-0.4, -0.2) is 28.8 Å². The average molecular weight is 306 g/mol. The zero-order chi connectivity index (χ0) is 15.7. The normalized spacial score (nSPS) is 21.8. The van der Waals surface area contributed by atoms with Crippen LogP contribution in [0.2, 0.25) is 0 Å². The van der Waals surface area contributed by atoms with Crippen LogP contribution < -0.4 is 10.5 Å². The molecule has 0 spiro atoms. The van der Waals surface area contributed by atoms with E-state index in [1.807, 2.05) is 0 Å². The molecule has 2 N–H and O–H groups in total. The average Bonchev–Trinajstić information content (AvgIpc) is 2.65. The van der Waals surface area contributed by atoms with Crippen LogP contribution in [0.25, 0.3) is 0 Å². The SMILES string of the molecule is COc1ccc(CN2C(=O)C(C)C(C)C2=O)cc1C(N)=S. The molecule has 5 nitrogen and oxygen atoms in total. The highest BCUT2D eigenvalue weighted by Gasteiger charge is 2.41. The maximum Gasteiger partial charge on any atom is 0.233 e. The molecule has 0 aliphatic carbocycles. The Balaban J connectivity index is 2.28. The first-order valence-corrected chi connectivity index (χ1v) is 7.09. The maximum atomic E-state index is 12.1. The van der Waals surface area contributed by atoms with Crippen molar-refractivity contribution in [2.75, 3.05) is 7.11 Å². The predicted octanol–water partition coefficient (Wildman–Crippen LogP) is 1.47. The van der Waals surface area contributed by atoms with Gasteiger partial charge in [-0.15, -0.1) is 0 Å². The second-order valence-corrected chi connectivity index (χ2v) is 5.68. The summed E-state index contributed by atoms with van der Waals surface area (Å²) in [5, 5.41) is 0. The van der Waals surface area contributed by atoms with Gasteiger partial charge in [-0.3, -0.25) is 14.5 Å². The Morgan fingerprint density at radius 2 is 1.86 bits per heavy atom. The summed E-state index contributed by atoms with van der Waals surface area (Å²) in [4.78, 5) is 25.7. The summed E-state index contributed by atoms with van der Waals surface area (Å²) in [5.41, 5.74) is 7.07. The highest BCUT2D eigenvalue weighted by atomic mass is 32.1. The third-order valence-corrected chi connectivity index (χ3v) is 4.15. The Bertz CT molecular complexity index is 595. The molecule has 2 rings (SSSR count). The number of likely N-dealkylation sites (tertiary alicyclic amines) is 1. The molecule has 2 unspecified atom stereocenters. The first-order valence-electron chi connectivity index (χ1n) is 6.68. The van der Waals surface area contributed by atoms with Crippen LogP contribution in [0.4, 0.5) is 0 Å². The van der Waals surface area contributed by atoms with Crippen molar-refractivity contribution in [2.45, 2.75) is 20.4 Å². The second-order valence-electron chi connectivity index (χ2n) is 5.24. The van der Waals surface area contributed by atoms with Crippen LogP contribution in [0, 0.1) is 11.8 Å². The molecule has 1 heterocycles. The topological polar surface area (TPSA) is 72.6 Å². The number of amides is 2. The molecule has 1 fully saturated rings. The van der Waals surface area contributed by atoms with Crippen molar-refractivity contribution in [3.8, 4) is 5.75 Å². The zero-order valence-corrected chi connectivity index (χ0v) is 13.1. The Labute approximate surface area is 129 Å². The van der Waals surface area contributed by atoms with E-state index in [1.54, 1.807) is 32.0 Å². The summed E-state index contributed by atoms with van der Waals surface area (Å²) in [5.74, 6) is -0.246.